The van der Waals surface area contributed by atoms with Crippen LogP contribution in [0.15, 0.2) is 29.3 Å². The van der Waals surface area contributed by atoms with Gasteiger partial charge in [-0.1, -0.05) is 29.8 Å². The number of benzene rings is 1. The molecule has 0 spiro atoms. The monoisotopic (exact) mass is 518 g/mol. The molecule has 1 heterocycles. The van der Waals surface area contributed by atoms with Crippen molar-refractivity contribution in [3.63, 3.8) is 0 Å². The molecular formula is C21H35IN4OS. The fourth-order valence-electron chi connectivity index (χ4n) is 4.00. The summed E-state index contributed by atoms with van der Waals surface area (Å²) in [4.78, 5) is 6.99. The summed E-state index contributed by atoms with van der Waals surface area (Å²) in [6, 6.07) is 9.79. The number of hydrogen-bond donors (Lipinski definition) is 2. The molecule has 1 saturated carbocycles. The van der Waals surface area contributed by atoms with Crippen LogP contribution in [0.4, 0.5) is 0 Å². The maximum Gasteiger partial charge on any atom is 0.191 e. The molecule has 3 atom stereocenters. The van der Waals surface area contributed by atoms with Crippen molar-refractivity contribution in [2.75, 3.05) is 46.2 Å². The Bertz CT molecular complexity index is 607. The second kappa shape index (κ2) is 12.2. The normalized spacial score (nSPS) is 24.5. The molecule has 3 unspecified atom stereocenters. The van der Waals surface area contributed by atoms with E-state index in [1.54, 1.807) is 0 Å². The van der Waals surface area contributed by atoms with E-state index in [4.69, 9.17) is 4.74 Å². The number of ether oxygens (including phenoxy) is 1. The van der Waals surface area contributed by atoms with Gasteiger partial charge in [-0.05, 0) is 38.0 Å². The predicted octanol–water partition coefficient (Wildman–Crippen LogP) is 3.44. The molecule has 1 aliphatic carbocycles. The largest absolute Gasteiger partial charge is 0.379 e. The lowest BCUT2D eigenvalue weighted by molar-refractivity contribution is 0.0170. The Morgan fingerprint density at radius 2 is 1.96 bits per heavy atom. The number of aryl methyl sites for hydroxylation is 1. The van der Waals surface area contributed by atoms with Crippen LogP contribution in [-0.2, 0) is 4.74 Å². The summed E-state index contributed by atoms with van der Waals surface area (Å²) in [5.74, 6) is 0.923. The lowest BCUT2D eigenvalue weighted by Gasteiger charge is -2.35. The molecule has 3 rings (SSSR count). The van der Waals surface area contributed by atoms with Crippen molar-refractivity contribution in [2.45, 2.75) is 43.5 Å². The van der Waals surface area contributed by atoms with Crippen molar-refractivity contribution in [2.24, 2.45) is 4.99 Å². The molecule has 2 N–H and O–H groups in total. The van der Waals surface area contributed by atoms with Crippen LogP contribution in [0, 0.1) is 6.92 Å². The van der Waals surface area contributed by atoms with E-state index >= 15 is 0 Å². The molecular weight excluding hydrogens is 483 g/mol. The van der Waals surface area contributed by atoms with Crippen molar-refractivity contribution >= 4 is 41.7 Å². The molecule has 7 heteroatoms. The van der Waals surface area contributed by atoms with Gasteiger partial charge in [-0.2, -0.15) is 11.8 Å². The van der Waals surface area contributed by atoms with Gasteiger partial charge in [0.1, 0.15) is 0 Å². The Balaban J connectivity index is 0.00000280. The number of guanidine groups is 1. The first-order chi connectivity index (χ1) is 13.2. The molecule has 28 heavy (non-hydrogen) atoms. The molecule has 0 amide bonds. The zero-order valence-electron chi connectivity index (χ0n) is 17.3. The van der Waals surface area contributed by atoms with E-state index in [2.05, 4.69) is 58.0 Å². The van der Waals surface area contributed by atoms with Gasteiger partial charge in [-0.25, -0.2) is 0 Å². The van der Waals surface area contributed by atoms with E-state index in [-0.39, 0.29) is 24.0 Å². The van der Waals surface area contributed by atoms with E-state index in [0.29, 0.717) is 12.1 Å². The molecule has 0 bridgehead atoms. The molecule has 1 saturated heterocycles. The summed E-state index contributed by atoms with van der Waals surface area (Å²) in [6.45, 7) is 6.57. The van der Waals surface area contributed by atoms with E-state index in [1.807, 2.05) is 18.8 Å². The van der Waals surface area contributed by atoms with Crippen LogP contribution in [-0.4, -0.2) is 68.3 Å². The second-order valence-corrected chi connectivity index (χ2v) is 8.68. The fourth-order valence-corrected chi connectivity index (χ4v) is 4.80. The van der Waals surface area contributed by atoms with Gasteiger partial charge in [-0.15, -0.1) is 24.0 Å². The maximum atomic E-state index is 5.56. The smallest absolute Gasteiger partial charge is 0.191 e. The molecule has 5 nitrogen and oxygen atoms in total. The van der Waals surface area contributed by atoms with Gasteiger partial charge < -0.3 is 15.4 Å². The van der Waals surface area contributed by atoms with Gasteiger partial charge >= 0.3 is 0 Å². The zero-order chi connectivity index (χ0) is 19.1. The molecule has 1 aromatic rings. The number of nitrogens with zero attached hydrogens (tertiary/aromatic N) is 2. The third kappa shape index (κ3) is 6.78. The Morgan fingerprint density at radius 1 is 1.25 bits per heavy atom. The molecule has 2 fully saturated rings. The minimum Gasteiger partial charge on any atom is -0.379 e. The summed E-state index contributed by atoms with van der Waals surface area (Å²) in [7, 11) is 1.87. The van der Waals surface area contributed by atoms with Crippen LogP contribution in [0.3, 0.4) is 0 Å². The van der Waals surface area contributed by atoms with Gasteiger partial charge in [-0.3, -0.25) is 9.89 Å². The van der Waals surface area contributed by atoms with E-state index in [0.717, 1.165) is 44.1 Å². The average Bonchev–Trinajstić information content (AvgIpc) is 3.17. The highest BCUT2D eigenvalue weighted by Crippen LogP contribution is 2.28. The number of rotatable bonds is 6. The minimum absolute atomic E-state index is 0. The topological polar surface area (TPSA) is 48.9 Å². The standard InChI is InChI=1S/C21H34N4OS.HI/c1-16-4-6-17(7-5-16)20(25-10-12-26-13-11-25)15-23-21(22-2)24-18-8-9-19(14-18)27-3;/h4-7,18-20H,8-15H2,1-3H3,(H2,22,23,24);1H. The van der Waals surface area contributed by atoms with E-state index in [1.165, 1.54) is 30.4 Å². The summed E-state index contributed by atoms with van der Waals surface area (Å²) < 4.78 is 5.56. The number of aliphatic imine (C=N–C) groups is 1. The SMILES string of the molecule is CN=C(NCC(c1ccc(C)cc1)N1CCOCC1)NC1CCC(SC)C1.I. The van der Waals surface area contributed by atoms with Gasteiger partial charge in [0.15, 0.2) is 5.96 Å². The first-order valence-electron chi connectivity index (χ1n) is 10.1. The first kappa shape index (κ1) is 23.8. The molecule has 1 aromatic carbocycles. The van der Waals surface area contributed by atoms with Crippen molar-refractivity contribution in [1.82, 2.24) is 15.5 Å². The lowest BCUT2D eigenvalue weighted by Crippen LogP contribution is -2.48. The number of halogens is 1. The van der Waals surface area contributed by atoms with Crippen LogP contribution in [0.25, 0.3) is 0 Å². The zero-order valence-corrected chi connectivity index (χ0v) is 20.5. The number of thioether (sulfide) groups is 1. The molecule has 2 aliphatic rings. The Hall–Kier alpha value is -0.510. The van der Waals surface area contributed by atoms with Crippen molar-refractivity contribution in [3.05, 3.63) is 35.4 Å². The summed E-state index contributed by atoms with van der Waals surface area (Å²) in [5, 5.41) is 8.01. The lowest BCUT2D eigenvalue weighted by atomic mass is 10.0. The third-order valence-electron chi connectivity index (χ3n) is 5.69. The number of morpholine rings is 1. The molecule has 158 valence electrons. The van der Waals surface area contributed by atoms with Crippen molar-refractivity contribution < 1.29 is 4.74 Å². The Labute approximate surface area is 191 Å². The average molecular weight is 519 g/mol. The third-order valence-corrected chi connectivity index (χ3v) is 6.79. The van der Waals surface area contributed by atoms with Gasteiger partial charge in [0.05, 0.1) is 19.3 Å². The van der Waals surface area contributed by atoms with E-state index in [9.17, 15) is 0 Å². The summed E-state index contributed by atoms with van der Waals surface area (Å²) in [6.07, 6.45) is 5.98. The number of nitrogens with one attached hydrogen (secondary N) is 2. The van der Waals surface area contributed by atoms with E-state index < -0.39 is 0 Å². The summed E-state index contributed by atoms with van der Waals surface area (Å²) in [5.41, 5.74) is 2.66. The van der Waals surface area contributed by atoms with Crippen LogP contribution in [0.2, 0.25) is 0 Å². The highest BCUT2D eigenvalue weighted by atomic mass is 127. The Morgan fingerprint density at radius 3 is 2.57 bits per heavy atom. The van der Waals surface area contributed by atoms with Crippen LogP contribution in [0.5, 0.6) is 0 Å². The van der Waals surface area contributed by atoms with Crippen molar-refractivity contribution in [1.29, 1.82) is 0 Å². The van der Waals surface area contributed by atoms with Gasteiger partial charge in [0.25, 0.3) is 0 Å². The highest BCUT2D eigenvalue weighted by Gasteiger charge is 2.26. The first-order valence-corrected chi connectivity index (χ1v) is 11.4. The van der Waals surface area contributed by atoms with Crippen molar-refractivity contribution in [3.8, 4) is 0 Å². The summed E-state index contributed by atoms with van der Waals surface area (Å²) >= 11 is 1.99. The minimum atomic E-state index is 0. The highest BCUT2D eigenvalue weighted by molar-refractivity contribution is 14.0. The number of hydrogen-bond acceptors (Lipinski definition) is 4. The van der Waals surface area contributed by atoms with Gasteiger partial charge in [0.2, 0.25) is 0 Å². The van der Waals surface area contributed by atoms with Crippen LogP contribution < -0.4 is 10.6 Å². The quantitative estimate of drug-likeness (QED) is 0.344. The second-order valence-electron chi connectivity index (χ2n) is 7.54. The molecule has 1 aliphatic heterocycles. The molecule has 0 aromatic heterocycles. The maximum absolute atomic E-state index is 5.56. The predicted molar refractivity (Wildman–Crippen MR) is 131 cm³/mol. The van der Waals surface area contributed by atoms with Crippen LogP contribution >= 0.6 is 35.7 Å². The fraction of sp³-hybridized carbons (Fsp3) is 0.667. The van der Waals surface area contributed by atoms with Crippen LogP contribution in [0.1, 0.15) is 36.4 Å². The Kier molecular flexibility index (Phi) is 10.4. The van der Waals surface area contributed by atoms with Gasteiger partial charge in [0, 0.05) is 38.0 Å². The molecule has 0 radical (unpaired) electrons.